The molecular formula is C13H18N4. The number of aromatic nitrogens is 3. The molecule has 2 rings (SSSR count). The smallest absolute Gasteiger partial charge is 0.0834 e. The highest BCUT2D eigenvalue weighted by molar-refractivity contribution is 5.19. The molecule has 90 valence electrons. The molecule has 1 N–H and O–H groups in total. The van der Waals surface area contributed by atoms with Crippen LogP contribution in [0.5, 0.6) is 0 Å². The number of nitrogens with one attached hydrogen (secondary N) is 1. The molecule has 0 spiro atoms. The Balaban J connectivity index is 2.05. The van der Waals surface area contributed by atoms with E-state index < -0.39 is 0 Å². The van der Waals surface area contributed by atoms with E-state index in [-0.39, 0.29) is 0 Å². The van der Waals surface area contributed by atoms with Crippen LogP contribution in [0, 0.1) is 0 Å². The van der Waals surface area contributed by atoms with Crippen molar-refractivity contribution in [2.75, 3.05) is 6.54 Å². The minimum atomic E-state index is 0.733. The second-order valence-corrected chi connectivity index (χ2v) is 3.99. The first-order valence-electron chi connectivity index (χ1n) is 6.01. The topological polar surface area (TPSA) is 42.7 Å². The first-order valence-corrected chi connectivity index (χ1v) is 6.01. The summed E-state index contributed by atoms with van der Waals surface area (Å²) in [4.78, 5) is 4.43. The number of hydrogen-bond donors (Lipinski definition) is 1. The van der Waals surface area contributed by atoms with Gasteiger partial charge in [-0.2, -0.15) is 5.10 Å². The molecule has 2 heterocycles. The average molecular weight is 230 g/mol. The maximum Gasteiger partial charge on any atom is 0.0834 e. The monoisotopic (exact) mass is 230 g/mol. The van der Waals surface area contributed by atoms with Crippen LogP contribution < -0.4 is 5.32 Å². The molecule has 0 saturated carbocycles. The van der Waals surface area contributed by atoms with Crippen molar-refractivity contribution >= 4 is 0 Å². The molecule has 0 aliphatic rings. The van der Waals surface area contributed by atoms with Crippen LogP contribution in [0.3, 0.4) is 0 Å². The SMILES string of the molecule is CCCNCc1cccnc1Cn1cccn1. The van der Waals surface area contributed by atoms with Crippen LogP contribution in [0.25, 0.3) is 0 Å². The fraction of sp³-hybridized carbons (Fsp3) is 0.385. The third-order valence-electron chi connectivity index (χ3n) is 2.60. The third-order valence-corrected chi connectivity index (χ3v) is 2.60. The van der Waals surface area contributed by atoms with Gasteiger partial charge in [0, 0.05) is 25.1 Å². The van der Waals surface area contributed by atoms with E-state index in [4.69, 9.17) is 0 Å². The fourth-order valence-electron chi connectivity index (χ4n) is 1.72. The Morgan fingerprint density at radius 3 is 3.00 bits per heavy atom. The van der Waals surface area contributed by atoms with Gasteiger partial charge in [0.15, 0.2) is 0 Å². The van der Waals surface area contributed by atoms with Gasteiger partial charge in [-0.1, -0.05) is 13.0 Å². The zero-order chi connectivity index (χ0) is 11.9. The van der Waals surface area contributed by atoms with Crippen LogP contribution in [-0.2, 0) is 13.1 Å². The second-order valence-electron chi connectivity index (χ2n) is 3.99. The molecule has 0 radical (unpaired) electrons. The Morgan fingerprint density at radius 1 is 1.29 bits per heavy atom. The van der Waals surface area contributed by atoms with Gasteiger partial charge >= 0.3 is 0 Å². The summed E-state index contributed by atoms with van der Waals surface area (Å²) in [6, 6.07) is 6.03. The lowest BCUT2D eigenvalue weighted by molar-refractivity contribution is 0.638. The lowest BCUT2D eigenvalue weighted by atomic mass is 10.2. The summed E-state index contributed by atoms with van der Waals surface area (Å²) in [7, 11) is 0. The first kappa shape index (κ1) is 11.8. The zero-order valence-electron chi connectivity index (χ0n) is 10.1. The highest BCUT2D eigenvalue weighted by atomic mass is 15.3. The van der Waals surface area contributed by atoms with Gasteiger partial charge in [0.2, 0.25) is 0 Å². The van der Waals surface area contributed by atoms with Crippen LogP contribution in [-0.4, -0.2) is 21.3 Å². The molecule has 0 bridgehead atoms. The van der Waals surface area contributed by atoms with Gasteiger partial charge in [0.05, 0.1) is 12.2 Å². The van der Waals surface area contributed by atoms with Crippen molar-refractivity contribution in [3.05, 3.63) is 48.0 Å². The molecule has 0 aromatic carbocycles. The van der Waals surface area contributed by atoms with Crippen LogP contribution in [0.15, 0.2) is 36.8 Å². The average Bonchev–Trinajstić information content (AvgIpc) is 2.84. The summed E-state index contributed by atoms with van der Waals surface area (Å²) in [5.74, 6) is 0. The molecule has 0 unspecified atom stereocenters. The van der Waals surface area contributed by atoms with E-state index in [2.05, 4.69) is 28.4 Å². The molecule has 2 aromatic heterocycles. The maximum atomic E-state index is 4.43. The molecule has 2 aromatic rings. The van der Waals surface area contributed by atoms with E-state index in [1.807, 2.05) is 29.2 Å². The first-order chi connectivity index (χ1) is 8.40. The van der Waals surface area contributed by atoms with Gasteiger partial charge in [-0.15, -0.1) is 0 Å². The third kappa shape index (κ3) is 3.39. The number of nitrogens with zero attached hydrogens (tertiary/aromatic N) is 3. The van der Waals surface area contributed by atoms with E-state index in [0.717, 1.165) is 31.7 Å². The molecule has 4 nitrogen and oxygen atoms in total. The molecule has 0 aliphatic carbocycles. The number of hydrogen-bond acceptors (Lipinski definition) is 3. The van der Waals surface area contributed by atoms with Gasteiger partial charge < -0.3 is 5.32 Å². The van der Waals surface area contributed by atoms with Crippen LogP contribution >= 0.6 is 0 Å². The predicted molar refractivity (Wildman–Crippen MR) is 67.6 cm³/mol. The number of rotatable bonds is 6. The number of pyridine rings is 1. The van der Waals surface area contributed by atoms with Crippen molar-refractivity contribution < 1.29 is 0 Å². The molecule has 0 aliphatic heterocycles. The van der Waals surface area contributed by atoms with Crippen LogP contribution in [0.4, 0.5) is 0 Å². The summed E-state index contributed by atoms with van der Waals surface area (Å²) in [6.45, 7) is 4.81. The normalized spacial score (nSPS) is 10.6. The standard InChI is InChI=1S/C13H18N4/c1-2-6-14-10-12-5-3-7-15-13(12)11-17-9-4-8-16-17/h3-5,7-9,14H,2,6,10-11H2,1H3. The minimum Gasteiger partial charge on any atom is -0.313 e. The molecule has 0 atom stereocenters. The summed E-state index contributed by atoms with van der Waals surface area (Å²) < 4.78 is 1.89. The van der Waals surface area contributed by atoms with Gasteiger partial charge in [-0.3, -0.25) is 9.67 Å². The van der Waals surface area contributed by atoms with Crippen molar-refractivity contribution in [2.24, 2.45) is 0 Å². The van der Waals surface area contributed by atoms with Crippen molar-refractivity contribution in [1.29, 1.82) is 0 Å². The van der Waals surface area contributed by atoms with E-state index >= 15 is 0 Å². The van der Waals surface area contributed by atoms with Gasteiger partial charge in [-0.05, 0) is 30.7 Å². The summed E-state index contributed by atoms with van der Waals surface area (Å²) in [5, 5.41) is 7.61. The quantitative estimate of drug-likeness (QED) is 0.770. The minimum absolute atomic E-state index is 0.733. The summed E-state index contributed by atoms with van der Waals surface area (Å²) >= 11 is 0. The van der Waals surface area contributed by atoms with Gasteiger partial charge in [0.1, 0.15) is 0 Å². The van der Waals surface area contributed by atoms with Crippen molar-refractivity contribution in [3.8, 4) is 0 Å². The molecule has 4 heteroatoms. The van der Waals surface area contributed by atoms with Gasteiger partial charge in [-0.25, -0.2) is 0 Å². The highest BCUT2D eigenvalue weighted by Gasteiger charge is 2.03. The van der Waals surface area contributed by atoms with Crippen LogP contribution in [0.1, 0.15) is 24.6 Å². The highest BCUT2D eigenvalue weighted by Crippen LogP contribution is 2.06. The summed E-state index contributed by atoms with van der Waals surface area (Å²) in [5.41, 5.74) is 2.33. The Kier molecular flexibility index (Phi) is 4.27. The van der Waals surface area contributed by atoms with Crippen molar-refractivity contribution in [2.45, 2.75) is 26.4 Å². The Labute approximate surface area is 102 Å². The van der Waals surface area contributed by atoms with E-state index in [1.54, 1.807) is 6.20 Å². The van der Waals surface area contributed by atoms with E-state index in [1.165, 1.54) is 5.56 Å². The van der Waals surface area contributed by atoms with E-state index in [0.29, 0.717) is 0 Å². The predicted octanol–water partition coefficient (Wildman–Crippen LogP) is 1.83. The molecule has 0 fully saturated rings. The Hall–Kier alpha value is -1.68. The fourth-order valence-corrected chi connectivity index (χ4v) is 1.72. The molecule has 17 heavy (non-hydrogen) atoms. The zero-order valence-corrected chi connectivity index (χ0v) is 10.1. The lowest BCUT2D eigenvalue weighted by Crippen LogP contribution is -2.16. The molecule has 0 amide bonds. The molecule has 0 saturated heterocycles. The summed E-state index contributed by atoms with van der Waals surface area (Å²) in [6.07, 6.45) is 6.73. The molecular weight excluding hydrogens is 212 g/mol. The van der Waals surface area contributed by atoms with Gasteiger partial charge in [0.25, 0.3) is 0 Å². The van der Waals surface area contributed by atoms with E-state index in [9.17, 15) is 0 Å². The second kappa shape index (κ2) is 6.15. The largest absolute Gasteiger partial charge is 0.313 e. The van der Waals surface area contributed by atoms with Crippen LogP contribution in [0.2, 0.25) is 0 Å². The maximum absolute atomic E-state index is 4.43. The Bertz CT molecular complexity index is 436. The van der Waals surface area contributed by atoms with Crippen molar-refractivity contribution in [3.63, 3.8) is 0 Å². The lowest BCUT2D eigenvalue weighted by Gasteiger charge is -2.09. The Morgan fingerprint density at radius 2 is 2.24 bits per heavy atom. The van der Waals surface area contributed by atoms with Crippen molar-refractivity contribution in [1.82, 2.24) is 20.1 Å².